The van der Waals surface area contributed by atoms with Crippen molar-refractivity contribution in [3.05, 3.63) is 46.0 Å². The fourth-order valence-corrected chi connectivity index (χ4v) is 4.70. The lowest BCUT2D eigenvalue weighted by atomic mass is 10.2. The molecule has 11 nitrogen and oxygen atoms in total. The number of urea groups is 1. The number of rotatable bonds is 4. The van der Waals surface area contributed by atoms with Crippen LogP contribution in [-0.2, 0) is 7.05 Å². The molecule has 1 aliphatic heterocycles. The van der Waals surface area contributed by atoms with Gasteiger partial charge >= 0.3 is 6.03 Å². The number of fused-ring (bicyclic) bond motifs is 1. The Kier molecular flexibility index (Phi) is 5.94. The molecule has 0 aliphatic carbocycles. The van der Waals surface area contributed by atoms with Crippen molar-refractivity contribution in [2.45, 2.75) is 0 Å². The second kappa shape index (κ2) is 9.05. The predicted octanol–water partition coefficient (Wildman–Crippen LogP) is 2.96. The SMILES string of the molecule is CN1CCN(C(=O)Nc2cc(-c3nnc(Nc4ccc5[nH]ncc5c4Cl)s3)cn(C)c2=O)CC1. The third-order valence-corrected chi connectivity index (χ3v) is 6.98. The van der Waals surface area contributed by atoms with Gasteiger partial charge < -0.3 is 25.0 Å². The van der Waals surface area contributed by atoms with Crippen molar-refractivity contribution in [2.24, 2.45) is 7.05 Å². The third kappa shape index (κ3) is 4.34. The van der Waals surface area contributed by atoms with Gasteiger partial charge in [-0.3, -0.25) is 9.89 Å². The Morgan fingerprint density at radius 1 is 1.15 bits per heavy atom. The largest absolute Gasteiger partial charge is 0.329 e. The number of benzene rings is 1. The van der Waals surface area contributed by atoms with E-state index in [1.54, 1.807) is 30.4 Å². The van der Waals surface area contributed by atoms with E-state index in [4.69, 9.17) is 11.6 Å². The Morgan fingerprint density at radius 2 is 1.94 bits per heavy atom. The van der Waals surface area contributed by atoms with Crippen molar-refractivity contribution >= 4 is 56.4 Å². The van der Waals surface area contributed by atoms with Gasteiger partial charge in [0.1, 0.15) is 5.69 Å². The van der Waals surface area contributed by atoms with E-state index in [0.29, 0.717) is 39.5 Å². The van der Waals surface area contributed by atoms with E-state index >= 15 is 0 Å². The molecular formula is C21H22ClN9O2S. The van der Waals surface area contributed by atoms with Crippen LogP contribution in [-0.4, -0.2) is 74.0 Å². The fourth-order valence-electron chi connectivity index (χ4n) is 3.71. The maximum atomic E-state index is 12.7. The Labute approximate surface area is 203 Å². The molecule has 1 fully saturated rings. The van der Waals surface area contributed by atoms with Crippen molar-refractivity contribution in [2.75, 3.05) is 43.9 Å². The number of hydrogen-bond acceptors (Lipinski definition) is 8. The van der Waals surface area contributed by atoms with Crippen LogP contribution < -0.4 is 16.2 Å². The highest BCUT2D eigenvalue weighted by Gasteiger charge is 2.21. The van der Waals surface area contributed by atoms with Crippen LogP contribution in [0.1, 0.15) is 0 Å². The van der Waals surface area contributed by atoms with Gasteiger partial charge in [-0.25, -0.2) is 4.79 Å². The number of nitrogens with one attached hydrogen (secondary N) is 3. The van der Waals surface area contributed by atoms with Crippen molar-refractivity contribution in [3.8, 4) is 10.6 Å². The summed E-state index contributed by atoms with van der Waals surface area (Å²) in [6.07, 6.45) is 3.33. The number of piperazine rings is 1. The topological polar surface area (TPSA) is 124 Å². The molecule has 0 atom stereocenters. The lowest BCUT2D eigenvalue weighted by Crippen LogP contribution is -2.49. The quantitative estimate of drug-likeness (QED) is 0.394. The molecule has 0 bridgehead atoms. The number of H-pyrrole nitrogens is 1. The zero-order valence-electron chi connectivity index (χ0n) is 18.5. The summed E-state index contributed by atoms with van der Waals surface area (Å²) in [7, 11) is 3.65. The highest BCUT2D eigenvalue weighted by molar-refractivity contribution is 7.18. The molecule has 3 N–H and O–H groups in total. The van der Waals surface area contributed by atoms with E-state index in [1.165, 1.54) is 15.9 Å². The molecule has 0 spiro atoms. The minimum Gasteiger partial charge on any atom is -0.329 e. The van der Waals surface area contributed by atoms with Crippen LogP contribution in [0.25, 0.3) is 21.5 Å². The van der Waals surface area contributed by atoms with Gasteiger partial charge in [-0.15, -0.1) is 10.2 Å². The molecule has 1 aliphatic rings. The summed E-state index contributed by atoms with van der Waals surface area (Å²) < 4.78 is 1.42. The predicted molar refractivity (Wildman–Crippen MR) is 133 cm³/mol. The normalized spacial score (nSPS) is 14.5. The van der Waals surface area contributed by atoms with Gasteiger partial charge in [0.2, 0.25) is 5.13 Å². The molecule has 176 valence electrons. The first kappa shape index (κ1) is 22.3. The van der Waals surface area contributed by atoms with Gasteiger partial charge in [-0.05, 0) is 25.2 Å². The minimum absolute atomic E-state index is 0.196. The van der Waals surface area contributed by atoms with E-state index in [-0.39, 0.29) is 17.3 Å². The highest BCUT2D eigenvalue weighted by atomic mass is 35.5. The molecular weight excluding hydrogens is 478 g/mol. The highest BCUT2D eigenvalue weighted by Crippen LogP contribution is 2.34. The maximum absolute atomic E-state index is 12.7. The van der Waals surface area contributed by atoms with Crippen molar-refractivity contribution in [1.82, 2.24) is 34.8 Å². The van der Waals surface area contributed by atoms with Crippen LogP contribution in [0.3, 0.4) is 0 Å². The molecule has 0 saturated carbocycles. The average Bonchev–Trinajstić information content (AvgIpc) is 3.49. The molecule has 3 aromatic heterocycles. The zero-order valence-corrected chi connectivity index (χ0v) is 20.1. The number of likely N-dealkylation sites (N-methyl/N-ethyl adjacent to an activating group) is 1. The van der Waals surface area contributed by atoms with E-state index in [2.05, 4.69) is 35.9 Å². The lowest BCUT2D eigenvalue weighted by molar-refractivity contribution is 0.164. The number of anilines is 3. The molecule has 5 rings (SSSR count). The molecule has 4 aromatic rings. The minimum atomic E-state index is -0.297. The third-order valence-electron chi connectivity index (χ3n) is 5.69. The monoisotopic (exact) mass is 499 g/mol. The lowest BCUT2D eigenvalue weighted by Gasteiger charge is -2.32. The Balaban J connectivity index is 1.37. The second-order valence-corrected chi connectivity index (χ2v) is 9.43. The smallest absolute Gasteiger partial charge is 0.322 e. The molecule has 0 radical (unpaired) electrons. The summed E-state index contributed by atoms with van der Waals surface area (Å²) in [4.78, 5) is 29.2. The summed E-state index contributed by atoms with van der Waals surface area (Å²) in [6.45, 7) is 2.81. The van der Waals surface area contributed by atoms with Crippen LogP contribution >= 0.6 is 22.9 Å². The summed E-state index contributed by atoms with van der Waals surface area (Å²) >= 11 is 7.79. The molecule has 2 amide bonds. The van der Waals surface area contributed by atoms with Crippen LogP contribution in [0, 0.1) is 0 Å². The summed E-state index contributed by atoms with van der Waals surface area (Å²) in [5, 5.41) is 23.8. The molecule has 4 heterocycles. The van der Waals surface area contributed by atoms with Crippen molar-refractivity contribution < 1.29 is 4.79 Å². The maximum Gasteiger partial charge on any atom is 0.322 e. The first-order chi connectivity index (χ1) is 16.4. The van der Waals surface area contributed by atoms with Crippen LogP contribution in [0.2, 0.25) is 5.02 Å². The average molecular weight is 500 g/mol. The summed E-state index contributed by atoms with van der Waals surface area (Å²) in [5.41, 5.74) is 2.08. The van der Waals surface area contributed by atoms with Gasteiger partial charge in [0.05, 0.1) is 22.4 Å². The first-order valence-corrected chi connectivity index (χ1v) is 11.8. The number of hydrogen-bond donors (Lipinski definition) is 3. The van der Waals surface area contributed by atoms with Crippen LogP contribution in [0.4, 0.5) is 21.3 Å². The van der Waals surface area contributed by atoms with Gasteiger partial charge in [0, 0.05) is 50.4 Å². The number of aromatic nitrogens is 5. The van der Waals surface area contributed by atoms with Gasteiger partial charge in [-0.2, -0.15) is 5.10 Å². The number of aromatic amines is 1. The molecule has 0 unspecified atom stereocenters. The Morgan fingerprint density at radius 3 is 2.74 bits per heavy atom. The molecule has 1 saturated heterocycles. The number of amides is 2. The molecule has 34 heavy (non-hydrogen) atoms. The van der Waals surface area contributed by atoms with Crippen LogP contribution in [0.5, 0.6) is 0 Å². The molecule has 13 heteroatoms. The van der Waals surface area contributed by atoms with E-state index < -0.39 is 0 Å². The van der Waals surface area contributed by atoms with Crippen molar-refractivity contribution in [1.29, 1.82) is 0 Å². The van der Waals surface area contributed by atoms with E-state index in [1.807, 2.05) is 19.2 Å². The zero-order chi connectivity index (χ0) is 23.8. The number of aryl methyl sites for hydroxylation is 1. The fraction of sp³-hybridized carbons (Fsp3) is 0.286. The standard InChI is InChI=1S/C21H22ClN9O2S/c1-29-5-7-31(8-6-29)21(33)25-16-9-12(11-30(2)19(16)32)18-27-28-20(34-18)24-15-4-3-14-13(17(15)22)10-23-26-14/h3-4,9-11H,5-8H2,1-2H3,(H,23,26)(H,24,28)(H,25,33). The number of halogens is 1. The van der Waals surface area contributed by atoms with Gasteiger partial charge in [0.25, 0.3) is 5.56 Å². The van der Waals surface area contributed by atoms with Crippen LogP contribution in [0.15, 0.2) is 35.4 Å². The Hall–Kier alpha value is -3.48. The second-order valence-electron chi connectivity index (χ2n) is 8.07. The first-order valence-electron chi connectivity index (χ1n) is 10.6. The number of nitrogens with zero attached hydrogens (tertiary/aromatic N) is 6. The van der Waals surface area contributed by atoms with Gasteiger partial charge in [-0.1, -0.05) is 22.9 Å². The number of carbonyl (C=O) groups is 1. The Bertz CT molecular complexity index is 1420. The number of carbonyl (C=O) groups excluding carboxylic acids is 1. The number of pyridine rings is 1. The van der Waals surface area contributed by atoms with Gasteiger partial charge in [0.15, 0.2) is 5.01 Å². The summed E-state index contributed by atoms with van der Waals surface area (Å²) in [5.74, 6) is 0. The molecule has 1 aromatic carbocycles. The van der Waals surface area contributed by atoms with E-state index in [9.17, 15) is 9.59 Å². The van der Waals surface area contributed by atoms with Crippen molar-refractivity contribution in [3.63, 3.8) is 0 Å². The summed E-state index contributed by atoms with van der Waals surface area (Å²) in [6, 6.07) is 5.06. The van der Waals surface area contributed by atoms with E-state index in [0.717, 1.165) is 24.0 Å².